The van der Waals surface area contributed by atoms with Crippen molar-refractivity contribution in [3.8, 4) is 0 Å². The molecule has 6 nitrogen and oxygen atoms in total. The van der Waals surface area contributed by atoms with Gasteiger partial charge in [0.25, 0.3) is 11.8 Å². The molecular formula is C31H25ClFN3O3S. The molecule has 40 heavy (non-hydrogen) atoms. The second kappa shape index (κ2) is 13.6. The van der Waals surface area contributed by atoms with Crippen LogP contribution in [0.25, 0.3) is 6.08 Å². The van der Waals surface area contributed by atoms with Crippen LogP contribution in [0, 0.1) is 12.7 Å². The van der Waals surface area contributed by atoms with E-state index in [9.17, 15) is 18.8 Å². The summed E-state index contributed by atoms with van der Waals surface area (Å²) in [5, 5.41) is 8.86. The van der Waals surface area contributed by atoms with Crippen LogP contribution < -0.4 is 16.0 Å². The first-order valence-electron chi connectivity index (χ1n) is 12.2. The maximum atomic E-state index is 13.4. The third-order valence-corrected chi connectivity index (χ3v) is 7.16. The lowest BCUT2D eigenvalue weighted by molar-refractivity contribution is -0.114. The van der Waals surface area contributed by atoms with E-state index < -0.39 is 17.6 Å². The largest absolute Gasteiger partial charge is 0.325 e. The van der Waals surface area contributed by atoms with E-state index in [1.165, 1.54) is 42.1 Å². The van der Waals surface area contributed by atoms with Gasteiger partial charge in [-0.25, -0.2) is 4.39 Å². The van der Waals surface area contributed by atoms with Crippen molar-refractivity contribution in [1.29, 1.82) is 0 Å². The van der Waals surface area contributed by atoms with Crippen molar-refractivity contribution in [3.05, 3.63) is 130 Å². The predicted molar refractivity (Wildman–Crippen MR) is 159 cm³/mol. The van der Waals surface area contributed by atoms with E-state index in [2.05, 4.69) is 16.0 Å². The lowest BCUT2D eigenvalue weighted by Crippen LogP contribution is -2.30. The van der Waals surface area contributed by atoms with E-state index >= 15 is 0 Å². The highest BCUT2D eigenvalue weighted by Gasteiger charge is 2.15. The van der Waals surface area contributed by atoms with Crippen LogP contribution in [-0.4, -0.2) is 23.5 Å². The minimum Gasteiger partial charge on any atom is -0.325 e. The second-order valence-corrected chi connectivity index (χ2v) is 10.1. The fraction of sp³-hybridized carbons (Fsp3) is 0.0645. The summed E-state index contributed by atoms with van der Waals surface area (Å²) in [5.41, 5.74) is 2.88. The molecule has 0 saturated heterocycles. The van der Waals surface area contributed by atoms with Crippen molar-refractivity contribution < 1.29 is 18.8 Å². The Morgan fingerprint density at radius 3 is 2.25 bits per heavy atom. The molecule has 3 amide bonds. The molecule has 4 rings (SSSR count). The maximum absolute atomic E-state index is 13.4. The molecule has 9 heteroatoms. The highest BCUT2D eigenvalue weighted by Crippen LogP contribution is 2.25. The Hall–Kier alpha value is -4.40. The lowest BCUT2D eigenvalue weighted by Gasteiger charge is -2.12. The summed E-state index contributed by atoms with van der Waals surface area (Å²) in [4.78, 5) is 39.1. The Morgan fingerprint density at radius 1 is 0.850 bits per heavy atom. The van der Waals surface area contributed by atoms with E-state index in [1.54, 1.807) is 72.8 Å². The molecule has 0 aromatic heterocycles. The number of thioether (sulfide) groups is 1. The summed E-state index contributed by atoms with van der Waals surface area (Å²) >= 11 is 7.46. The van der Waals surface area contributed by atoms with Crippen LogP contribution in [0.4, 0.5) is 15.8 Å². The van der Waals surface area contributed by atoms with Gasteiger partial charge in [0.2, 0.25) is 5.91 Å². The molecule has 0 bridgehead atoms. The van der Waals surface area contributed by atoms with Crippen LogP contribution >= 0.6 is 23.4 Å². The van der Waals surface area contributed by atoms with Crippen molar-refractivity contribution in [1.82, 2.24) is 5.32 Å². The molecule has 4 aromatic carbocycles. The average Bonchev–Trinajstić information content (AvgIpc) is 2.96. The average molecular weight is 574 g/mol. The Morgan fingerprint density at radius 2 is 1.55 bits per heavy atom. The van der Waals surface area contributed by atoms with Gasteiger partial charge in [0.05, 0.1) is 5.75 Å². The van der Waals surface area contributed by atoms with E-state index in [4.69, 9.17) is 11.6 Å². The molecule has 3 N–H and O–H groups in total. The van der Waals surface area contributed by atoms with Gasteiger partial charge in [0.1, 0.15) is 11.5 Å². The SMILES string of the molecule is Cc1c(Cl)cccc1NC(=O)CSc1ccc(NC(=O)/C(=C/c2ccc(F)cc2)NC(=O)c2ccccc2)cc1. The van der Waals surface area contributed by atoms with E-state index in [1.807, 2.05) is 6.92 Å². The van der Waals surface area contributed by atoms with Gasteiger partial charge in [-0.3, -0.25) is 14.4 Å². The number of anilines is 2. The first kappa shape index (κ1) is 28.6. The Labute approximate surface area is 240 Å². The summed E-state index contributed by atoms with van der Waals surface area (Å²) in [5.74, 6) is -1.40. The zero-order valence-corrected chi connectivity index (χ0v) is 23.0. The lowest BCUT2D eigenvalue weighted by atomic mass is 10.1. The van der Waals surface area contributed by atoms with Crippen molar-refractivity contribution in [3.63, 3.8) is 0 Å². The minimum absolute atomic E-state index is 0.00751. The topological polar surface area (TPSA) is 87.3 Å². The predicted octanol–water partition coefficient (Wildman–Crippen LogP) is 6.93. The van der Waals surface area contributed by atoms with Crippen LogP contribution in [0.15, 0.2) is 108 Å². The number of carbonyl (C=O) groups excluding carboxylic acids is 3. The van der Waals surface area contributed by atoms with Gasteiger partial charge >= 0.3 is 0 Å². The number of halogens is 2. The van der Waals surface area contributed by atoms with Crippen molar-refractivity contribution in [2.24, 2.45) is 0 Å². The summed E-state index contributed by atoms with van der Waals surface area (Å²) in [7, 11) is 0. The van der Waals surface area contributed by atoms with Crippen LogP contribution in [-0.2, 0) is 9.59 Å². The summed E-state index contributed by atoms with van der Waals surface area (Å²) < 4.78 is 13.4. The summed E-state index contributed by atoms with van der Waals surface area (Å²) in [6, 6.07) is 26.4. The fourth-order valence-electron chi connectivity index (χ4n) is 3.58. The van der Waals surface area contributed by atoms with Crippen LogP contribution in [0.1, 0.15) is 21.5 Å². The molecule has 0 radical (unpaired) electrons. The van der Waals surface area contributed by atoms with Gasteiger partial charge in [0, 0.05) is 26.9 Å². The first-order valence-corrected chi connectivity index (χ1v) is 13.6. The molecule has 0 aliphatic rings. The van der Waals surface area contributed by atoms with Crippen LogP contribution in [0.3, 0.4) is 0 Å². The van der Waals surface area contributed by atoms with Gasteiger partial charge in [-0.05, 0) is 84.8 Å². The first-order chi connectivity index (χ1) is 19.3. The molecule has 202 valence electrons. The number of hydrogen-bond acceptors (Lipinski definition) is 4. The Bertz CT molecular complexity index is 1540. The van der Waals surface area contributed by atoms with E-state index in [-0.39, 0.29) is 17.4 Å². The number of amides is 3. The zero-order chi connectivity index (χ0) is 28.5. The molecular weight excluding hydrogens is 549 g/mol. The highest BCUT2D eigenvalue weighted by molar-refractivity contribution is 8.00. The van der Waals surface area contributed by atoms with Gasteiger partial charge < -0.3 is 16.0 Å². The van der Waals surface area contributed by atoms with E-state index in [0.29, 0.717) is 27.5 Å². The molecule has 0 aliphatic carbocycles. The fourth-order valence-corrected chi connectivity index (χ4v) is 4.45. The number of rotatable bonds is 9. The van der Waals surface area contributed by atoms with Crippen molar-refractivity contribution in [2.45, 2.75) is 11.8 Å². The number of nitrogens with one attached hydrogen (secondary N) is 3. The summed E-state index contributed by atoms with van der Waals surface area (Å²) in [6.07, 6.45) is 1.47. The molecule has 0 saturated carbocycles. The van der Waals surface area contributed by atoms with E-state index in [0.717, 1.165) is 10.5 Å². The van der Waals surface area contributed by atoms with Gasteiger partial charge in [0.15, 0.2) is 0 Å². The molecule has 0 heterocycles. The Kier molecular flexibility index (Phi) is 9.72. The quantitative estimate of drug-likeness (QED) is 0.150. The smallest absolute Gasteiger partial charge is 0.272 e. The molecule has 0 unspecified atom stereocenters. The zero-order valence-electron chi connectivity index (χ0n) is 21.4. The van der Waals surface area contributed by atoms with Gasteiger partial charge in [-0.1, -0.05) is 48.0 Å². The van der Waals surface area contributed by atoms with Crippen molar-refractivity contribution >= 4 is 58.5 Å². The molecule has 0 aliphatic heterocycles. The van der Waals surface area contributed by atoms with Gasteiger partial charge in [-0.2, -0.15) is 0 Å². The third kappa shape index (κ3) is 8.05. The molecule has 0 spiro atoms. The summed E-state index contributed by atoms with van der Waals surface area (Å²) in [6.45, 7) is 1.84. The normalized spacial score (nSPS) is 11.0. The van der Waals surface area contributed by atoms with Gasteiger partial charge in [-0.15, -0.1) is 11.8 Å². The molecule has 0 atom stereocenters. The number of benzene rings is 4. The maximum Gasteiger partial charge on any atom is 0.272 e. The highest BCUT2D eigenvalue weighted by atomic mass is 35.5. The molecule has 4 aromatic rings. The second-order valence-electron chi connectivity index (χ2n) is 8.66. The number of hydrogen-bond donors (Lipinski definition) is 3. The van der Waals surface area contributed by atoms with Crippen LogP contribution in [0.2, 0.25) is 5.02 Å². The monoisotopic (exact) mass is 573 g/mol. The standard InChI is InChI=1S/C31H25ClFN3O3S/c1-20-26(32)8-5-9-27(20)35-29(37)19-40-25-16-14-24(15-17-25)34-31(39)28(18-21-10-12-23(33)13-11-21)36-30(38)22-6-3-2-4-7-22/h2-18H,19H2,1H3,(H,34,39)(H,35,37)(H,36,38)/b28-18-. The van der Waals surface area contributed by atoms with Crippen LogP contribution in [0.5, 0.6) is 0 Å². The van der Waals surface area contributed by atoms with Crippen molar-refractivity contribution in [2.75, 3.05) is 16.4 Å². The minimum atomic E-state index is -0.551. The third-order valence-electron chi connectivity index (χ3n) is 5.73. The molecule has 0 fully saturated rings. The Balaban J connectivity index is 1.40. The number of carbonyl (C=O) groups is 3.